The van der Waals surface area contributed by atoms with Crippen molar-refractivity contribution in [2.45, 2.75) is 26.7 Å². The molecule has 0 amide bonds. The van der Waals surface area contributed by atoms with E-state index < -0.39 is 8.53 Å². The Morgan fingerprint density at radius 2 is 1.31 bits per heavy atom. The summed E-state index contributed by atoms with van der Waals surface area (Å²) < 4.78 is 15.5. The maximum Gasteiger partial charge on any atom is 0.384 e. The van der Waals surface area contributed by atoms with E-state index in [9.17, 15) is 0 Å². The molecule has 1 aliphatic rings. The largest absolute Gasteiger partial charge is 0.426 e. The highest BCUT2D eigenvalue weighted by molar-refractivity contribution is 7.45. The molecule has 1 atom stereocenters. The van der Waals surface area contributed by atoms with Gasteiger partial charge in [-0.05, 0) is 36.1 Å². The third-order valence-corrected chi connectivity index (χ3v) is 7.21. The second-order valence-electron chi connectivity index (χ2n) is 7.56. The van der Waals surface area contributed by atoms with Crippen molar-refractivity contribution in [2.24, 2.45) is 0 Å². The lowest BCUT2D eigenvalue weighted by Gasteiger charge is -2.29. The molecule has 32 heavy (non-hydrogen) atoms. The van der Waals surface area contributed by atoms with Gasteiger partial charge in [-0.1, -0.05) is 98.8 Å². The van der Waals surface area contributed by atoms with Crippen molar-refractivity contribution in [1.29, 1.82) is 0 Å². The van der Waals surface area contributed by atoms with Crippen LogP contribution in [0, 0.1) is 0 Å². The summed E-state index contributed by atoms with van der Waals surface area (Å²) in [6, 6.07) is 26.8. The number of para-hydroxylation sites is 2. The molecule has 4 heteroatoms. The molecule has 1 aliphatic carbocycles. The van der Waals surface area contributed by atoms with Crippen LogP contribution < -0.4 is 9.05 Å². The summed E-state index contributed by atoms with van der Waals surface area (Å²) in [7, 11) is -1.34. The van der Waals surface area contributed by atoms with Crippen LogP contribution in [-0.2, 0) is 0 Å². The van der Waals surface area contributed by atoms with E-state index >= 15 is 0 Å². The molecule has 0 N–H and O–H groups in total. The summed E-state index contributed by atoms with van der Waals surface area (Å²) in [4.78, 5) is 0. The zero-order valence-corrected chi connectivity index (χ0v) is 19.7. The Hall–Kier alpha value is -2.87. The Balaban J connectivity index is 1.67. The summed E-state index contributed by atoms with van der Waals surface area (Å²) in [5.74, 6) is 1.70. The molecule has 164 valence electrons. The summed E-state index contributed by atoms with van der Waals surface area (Å²) in [6.07, 6.45) is 8.86. The average molecular weight is 444 g/mol. The fraction of sp³-hybridized carbons (Fsp3) is 0.214. The first-order valence-corrected chi connectivity index (χ1v) is 12.4. The van der Waals surface area contributed by atoms with Crippen molar-refractivity contribution in [3.05, 3.63) is 103 Å². The first-order chi connectivity index (χ1) is 15.8. The Labute approximate surface area is 193 Å². The number of nitrogens with zero attached hydrogens (tertiary/aromatic N) is 1. The molecule has 0 aromatic heterocycles. The molecule has 1 unspecified atom stereocenters. The quantitative estimate of drug-likeness (QED) is 0.312. The summed E-state index contributed by atoms with van der Waals surface area (Å²) in [5.41, 5.74) is 4.53. The summed E-state index contributed by atoms with van der Waals surface area (Å²) >= 11 is 0. The monoisotopic (exact) mass is 443 g/mol. The summed E-state index contributed by atoms with van der Waals surface area (Å²) in [6.45, 7) is 5.99. The van der Waals surface area contributed by atoms with Gasteiger partial charge in [0.2, 0.25) is 0 Å². The molecule has 3 aromatic rings. The fourth-order valence-corrected chi connectivity index (χ4v) is 5.14. The van der Waals surface area contributed by atoms with Gasteiger partial charge < -0.3 is 9.05 Å². The van der Waals surface area contributed by atoms with Gasteiger partial charge in [0.05, 0.1) is 0 Å². The van der Waals surface area contributed by atoms with E-state index in [0.29, 0.717) is 0 Å². The van der Waals surface area contributed by atoms with Gasteiger partial charge in [-0.2, -0.15) is 0 Å². The topological polar surface area (TPSA) is 21.7 Å². The SMILES string of the molecule is CCN(CC)P(Oc1ccccc1C1=CCCC=C1)Oc1ccccc1-c1ccccc1. The van der Waals surface area contributed by atoms with E-state index in [2.05, 4.69) is 79.2 Å². The van der Waals surface area contributed by atoms with Gasteiger partial charge in [0.15, 0.2) is 0 Å². The van der Waals surface area contributed by atoms with E-state index in [1.807, 2.05) is 36.4 Å². The Bertz CT molecular complexity index is 1070. The fourth-order valence-electron chi connectivity index (χ4n) is 3.76. The lowest BCUT2D eigenvalue weighted by molar-refractivity contribution is 0.372. The molecule has 0 saturated heterocycles. The molecule has 0 aliphatic heterocycles. The molecule has 4 rings (SSSR count). The smallest absolute Gasteiger partial charge is 0.384 e. The molecule has 3 nitrogen and oxygen atoms in total. The van der Waals surface area contributed by atoms with Crippen LogP contribution in [0.3, 0.4) is 0 Å². The number of hydrogen-bond donors (Lipinski definition) is 0. The van der Waals surface area contributed by atoms with Crippen molar-refractivity contribution in [3.63, 3.8) is 0 Å². The highest BCUT2D eigenvalue weighted by atomic mass is 31.2. The van der Waals surface area contributed by atoms with Crippen LogP contribution in [0.25, 0.3) is 16.7 Å². The Morgan fingerprint density at radius 1 is 0.719 bits per heavy atom. The van der Waals surface area contributed by atoms with Crippen molar-refractivity contribution >= 4 is 14.1 Å². The maximum atomic E-state index is 6.63. The first-order valence-electron chi connectivity index (χ1n) is 11.3. The van der Waals surface area contributed by atoms with Crippen LogP contribution in [0.5, 0.6) is 11.5 Å². The molecule has 0 radical (unpaired) electrons. The average Bonchev–Trinajstić information content (AvgIpc) is 2.86. The van der Waals surface area contributed by atoms with E-state index in [1.54, 1.807) is 0 Å². The van der Waals surface area contributed by atoms with Gasteiger partial charge in [-0.25, -0.2) is 4.67 Å². The van der Waals surface area contributed by atoms with Crippen molar-refractivity contribution in [1.82, 2.24) is 4.67 Å². The summed E-state index contributed by atoms with van der Waals surface area (Å²) in [5, 5.41) is 0. The Morgan fingerprint density at radius 3 is 1.94 bits per heavy atom. The second kappa shape index (κ2) is 11.1. The van der Waals surface area contributed by atoms with E-state index in [1.165, 1.54) is 5.57 Å². The molecule has 0 heterocycles. The first kappa shape index (κ1) is 22.3. The van der Waals surface area contributed by atoms with Crippen LogP contribution in [0.4, 0.5) is 0 Å². The third-order valence-electron chi connectivity index (χ3n) is 5.48. The third kappa shape index (κ3) is 5.30. The minimum Gasteiger partial charge on any atom is -0.426 e. The molecular formula is C28H30NO2P. The van der Waals surface area contributed by atoms with Crippen molar-refractivity contribution in [3.8, 4) is 22.6 Å². The standard InChI is InChI=1S/C28H30NO2P/c1-3-29(4-2)32(30-27-21-13-11-19-25(27)23-15-7-5-8-16-23)31-28-22-14-12-20-26(28)24-17-9-6-10-18-24/h5,7-9,11-22H,3-4,6,10H2,1-2H3. The molecule has 3 aromatic carbocycles. The maximum absolute atomic E-state index is 6.63. The van der Waals surface area contributed by atoms with Crippen molar-refractivity contribution in [2.75, 3.05) is 13.1 Å². The van der Waals surface area contributed by atoms with Crippen molar-refractivity contribution < 1.29 is 9.05 Å². The van der Waals surface area contributed by atoms with Gasteiger partial charge >= 0.3 is 8.53 Å². The van der Waals surface area contributed by atoms with Gasteiger partial charge in [0, 0.05) is 24.2 Å². The lowest BCUT2D eigenvalue weighted by Crippen LogP contribution is -2.22. The minimum absolute atomic E-state index is 0.839. The van der Waals surface area contributed by atoms with Crippen LogP contribution in [0.1, 0.15) is 32.3 Å². The van der Waals surface area contributed by atoms with Crippen LogP contribution in [0.15, 0.2) is 97.1 Å². The number of allylic oxidation sites excluding steroid dienone is 4. The highest BCUT2D eigenvalue weighted by Gasteiger charge is 2.25. The predicted octanol–water partition coefficient (Wildman–Crippen LogP) is 8.11. The van der Waals surface area contributed by atoms with E-state index in [4.69, 9.17) is 9.05 Å². The minimum atomic E-state index is -1.34. The number of hydrogen-bond acceptors (Lipinski definition) is 3. The molecule has 0 spiro atoms. The number of benzene rings is 3. The molecule has 0 saturated carbocycles. The zero-order valence-electron chi connectivity index (χ0n) is 18.8. The van der Waals surface area contributed by atoms with Crippen LogP contribution in [-0.4, -0.2) is 17.8 Å². The molecule has 0 fully saturated rings. The van der Waals surface area contributed by atoms with Gasteiger partial charge in [-0.15, -0.1) is 0 Å². The van der Waals surface area contributed by atoms with Crippen LogP contribution in [0.2, 0.25) is 0 Å². The van der Waals surface area contributed by atoms with Crippen LogP contribution >= 0.6 is 8.53 Å². The number of rotatable bonds is 9. The zero-order chi connectivity index (χ0) is 22.2. The van der Waals surface area contributed by atoms with Gasteiger partial charge in [0.1, 0.15) is 11.5 Å². The second-order valence-corrected chi connectivity index (χ2v) is 8.96. The Kier molecular flexibility index (Phi) is 7.77. The normalized spacial score (nSPS) is 14.2. The van der Waals surface area contributed by atoms with Gasteiger partial charge in [-0.3, -0.25) is 0 Å². The highest BCUT2D eigenvalue weighted by Crippen LogP contribution is 2.47. The van der Waals surface area contributed by atoms with E-state index in [-0.39, 0.29) is 0 Å². The molecular weight excluding hydrogens is 413 g/mol. The predicted molar refractivity (Wildman–Crippen MR) is 136 cm³/mol. The van der Waals surface area contributed by atoms with Gasteiger partial charge in [0.25, 0.3) is 0 Å². The van der Waals surface area contributed by atoms with E-state index in [0.717, 1.165) is 54.1 Å². The lowest BCUT2D eigenvalue weighted by atomic mass is 9.99. The molecule has 0 bridgehead atoms.